The lowest BCUT2D eigenvalue weighted by atomic mass is 10.1. The quantitative estimate of drug-likeness (QED) is 0.451. The summed E-state index contributed by atoms with van der Waals surface area (Å²) in [6, 6.07) is 16.3. The Morgan fingerprint density at radius 1 is 1.07 bits per heavy atom. The van der Waals surface area contributed by atoms with Gasteiger partial charge in [0.05, 0.1) is 5.56 Å². The number of para-hydroxylation sites is 1. The molecule has 0 atom stereocenters. The second-order valence-corrected chi connectivity index (χ2v) is 7.00. The van der Waals surface area contributed by atoms with Crippen LogP contribution < -0.4 is 10.6 Å². The topological polar surface area (TPSA) is 82.7 Å². The standard InChI is InChI=1S/C23H23N5O/c1-16-5-4-6-17(11-16)12-26-22(29)19-14-27-23(28-15-19)24-10-9-18-13-25-21-8-3-2-7-20(18)21/h2-8,11,13-15,25H,9-10,12H2,1H3,(H,26,29)(H,24,27,28). The van der Waals surface area contributed by atoms with Crippen LogP contribution in [0, 0.1) is 6.92 Å². The third-order valence-corrected chi connectivity index (χ3v) is 4.80. The Morgan fingerprint density at radius 3 is 2.72 bits per heavy atom. The van der Waals surface area contributed by atoms with Gasteiger partial charge in [0, 0.05) is 42.6 Å². The fourth-order valence-electron chi connectivity index (χ4n) is 3.29. The third-order valence-electron chi connectivity index (χ3n) is 4.80. The van der Waals surface area contributed by atoms with Crippen molar-refractivity contribution in [2.24, 2.45) is 0 Å². The molecule has 0 aliphatic rings. The van der Waals surface area contributed by atoms with E-state index in [1.807, 2.05) is 43.5 Å². The first-order valence-electron chi connectivity index (χ1n) is 9.64. The molecule has 0 spiro atoms. The normalized spacial score (nSPS) is 10.8. The number of H-pyrrole nitrogens is 1. The number of anilines is 1. The first kappa shape index (κ1) is 18.7. The number of carbonyl (C=O) groups excluding carboxylic acids is 1. The van der Waals surface area contributed by atoms with Crippen LogP contribution in [-0.2, 0) is 13.0 Å². The van der Waals surface area contributed by atoms with Crippen molar-refractivity contribution in [2.45, 2.75) is 19.9 Å². The van der Waals surface area contributed by atoms with Crippen LogP contribution in [-0.4, -0.2) is 27.4 Å². The van der Waals surface area contributed by atoms with Crippen LogP contribution in [0.4, 0.5) is 5.95 Å². The molecule has 0 unspecified atom stereocenters. The van der Waals surface area contributed by atoms with Gasteiger partial charge in [0.1, 0.15) is 0 Å². The summed E-state index contributed by atoms with van der Waals surface area (Å²) in [5.74, 6) is 0.330. The van der Waals surface area contributed by atoms with Crippen LogP contribution in [0.2, 0.25) is 0 Å². The average molecular weight is 385 g/mol. The zero-order chi connectivity index (χ0) is 20.1. The lowest BCUT2D eigenvalue weighted by molar-refractivity contribution is 0.0950. The van der Waals surface area contributed by atoms with E-state index in [4.69, 9.17) is 0 Å². The molecule has 2 heterocycles. The van der Waals surface area contributed by atoms with E-state index < -0.39 is 0 Å². The molecule has 0 saturated carbocycles. The molecule has 0 bridgehead atoms. The number of carbonyl (C=O) groups is 1. The minimum absolute atomic E-state index is 0.183. The van der Waals surface area contributed by atoms with Crippen LogP contribution in [0.1, 0.15) is 27.0 Å². The van der Waals surface area contributed by atoms with Gasteiger partial charge in [-0.25, -0.2) is 9.97 Å². The highest BCUT2D eigenvalue weighted by molar-refractivity contribution is 5.93. The van der Waals surface area contributed by atoms with Gasteiger partial charge in [-0.15, -0.1) is 0 Å². The minimum atomic E-state index is -0.183. The predicted molar refractivity (Wildman–Crippen MR) is 115 cm³/mol. The molecule has 0 radical (unpaired) electrons. The number of benzene rings is 2. The van der Waals surface area contributed by atoms with Crippen LogP contribution >= 0.6 is 0 Å². The summed E-state index contributed by atoms with van der Waals surface area (Å²) in [7, 11) is 0. The summed E-state index contributed by atoms with van der Waals surface area (Å²) in [6.07, 6.45) is 5.99. The number of aromatic amines is 1. The van der Waals surface area contributed by atoms with Gasteiger partial charge >= 0.3 is 0 Å². The Kier molecular flexibility index (Phi) is 5.52. The molecule has 6 heteroatoms. The summed E-state index contributed by atoms with van der Waals surface area (Å²) < 4.78 is 0. The second kappa shape index (κ2) is 8.56. The van der Waals surface area contributed by atoms with Crippen molar-refractivity contribution in [1.29, 1.82) is 0 Å². The molecule has 0 saturated heterocycles. The molecule has 0 aliphatic heterocycles. The molecule has 4 aromatic rings. The van der Waals surface area contributed by atoms with Gasteiger partial charge in [0.15, 0.2) is 0 Å². The molecular formula is C23H23N5O. The maximum atomic E-state index is 12.3. The fourth-order valence-corrected chi connectivity index (χ4v) is 3.29. The Morgan fingerprint density at radius 2 is 1.90 bits per heavy atom. The summed E-state index contributed by atoms with van der Waals surface area (Å²) in [5, 5.41) is 7.34. The predicted octanol–water partition coefficient (Wildman–Crippen LogP) is 3.85. The molecule has 0 fully saturated rings. The molecule has 4 rings (SSSR count). The fraction of sp³-hybridized carbons (Fsp3) is 0.174. The summed E-state index contributed by atoms with van der Waals surface area (Å²) in [6.45, 7) is 3.22. The zero-order valence-electron chi connectivity index (χ0n) is 16.3. The van der Waals surface area contributed by atoms with E-state index in [0.29, 0.717) is 24.6 Å². The molecule has 6 nitrogen and oxygen atoms in total. The summed E-state index contributed by atoms with van der Waals surface area (Å²) in [5.41, 5.74) is 5.07. The number of rotatable bonds is 7. The van der Waals surface area contributed by atoms with E-state index in [0.717, 1.165) is 17.5 Å². The van der Waals surface area contributed by atoms with Crippen molar-refractivity contribution in [1.82, 2.24) is 20.3 Å². The highest BCUT2D eigenvalue weighted by Gasteiger charge is 2.08. The molecule has 29 heavy (non-hydrogen) atoms. The number of nitrogens with one attached hydrogen (secondary N) is 3. The minimum Gasteiger partial charge on any atom is -0.361 e. The van der Waals surface area contributed by atoms with Crippen LogP contribution in [0.25, 0.3) is 10.9 Å². The number of hydrogen-bond acceptors (Lipinski definition) is 4. The van der Waals surface area contributed by atoms with Gasteiger partial charge in [-0.05, 0) is 30.5 Å². The Labute approximate surface area is 169 Å². The van der Waals surface area contributed by atoms with E-state index in [-0.39, 0.29) is 5.91 Å². The first-order chi connectivity index (χ1) is 14.2. The monoisotopic (exact) mass is 385 g/mol. The zero-order valence-corrected chi connectivity index (χ0v) is 16.3. The first-order valence-corrected chi connectivity index (χ1v) is 9.64. The number of fused-ring (bicyclic) bond motifs is 1. The third kappa shape index (κ3) is 4.60. The van der Waals surface area contributed by atoms with Gasteiger partial charge in [0.25, 0.3) is 5.91 Å². The second-order valence-electron chi connectivity index (χ2n) is 7.00. The molecule has 2 aromatic heterocycles. The smallest absolute Gasteiger partial charge is 0.254 e. The largest absolute Gasteiger partial charge is 0.361 e. The average Bonchev–Trinajstić information content (AvgIpc) is 3.16. The van der Waals surface area contributed by atoms with Gasteiger partial charge in [0.2, 0.25) is 5.95 Å². The summed E-state index contributed by atoms with van der Waals surface area (Å²) in [4.78, 5) is 24.1. The van der Waals surface area contributed by atoms with E-state index >= 15 is 0 Å². The van der Waals surface area contributed by atoms with Crippen LogP contribution in [0.5, 0.6) is 0 Å². The van der Waals surface area contributed by atoms with Gasteiger partial charge in [-0.1, -0.05) is 48.0 Å². The Bertz CT molecular complexity index is 1120. The molecule has 146 valence electrons. The van der Waals surface area contributed by atoms with Crippen molar-refractivity contribution in [3.8, 4) is 0 Å². The van der Waals surface area contributed by atoms with E-state index in [1.54, 1.807) is 12.4 Å². The lowest BCUT2D eigenvalue weighted by Gasteiger charge is -2.07. The maximum absolute atomic E-state index is 12.3. The highest BCUT2D eigenvalue weighted by Crippen LogP contribution is 2.18. The van der Waals surface area contributed by atoms with Crippen molar-refractivity contribution >= 4 is 22.8 Å². The van der Waals surface area contributed by atoms with Gasteiger partial charge in [-0.2, -0.15) is 0 Å². The molecule has 2 aromatic carbocycles. The number of amides is 1. The number of nitrogens with zero attached hydrogens (tertiary/aromatic N) is 2. The maximum Gasteiger partial charge on any atom is 0.254 e. The molecule has 3 N–H and O–H groups in total. The number of hydrogen-bond donors (Lipinski definition) is 3. The van der Waals surface area contributed by atoms with Gasteiger partial charge < -0.3 is 15.6 Å². The van der Waals surface area contributed by atoms with E-state index in [2.05, 4.69) is 43.8 Å². The van der Waals surface area contributed by atoms with Crippen molar-refractivity contribution in [2.75, 3.05) is 11.9 Å². The molecular weight excluding hydrogens is 362 g/mol. The van der Waals surface area contributed by atoms with Crippen LogP contribution in [0.3, 0.4) is 0 Å². The lowest BCUT2D eigenvalue weighted by Crippen LogP contribution is -2.23. The van der Waals surface area contributed by atoms with Crippen molar-refractivity contribution in [3.05, 3.63) is 89.4 Å². The van der Waals surface area contributed by atoms with Crippen molar-refractivity contribution in [3.63, 3.8) is 0 Å². The number of aromatic nitrogens is 3. The van der Waals surface area contributed by atoms with E-state index in [9.17, 15) is 4.79 Å². The van der Waals surface area contributed by atoms with Crippen molar-refractivity contribution < 1.29 is 4.79 Å². The Hall–Kier alpha value is -3.67. The summed E-state index contributed by atoms with van der Waals surface area (Å²) >= 11 is 0. The molecule has 0 aliphatic carbocycles. The van der Waals surface area contributed by atoms with Gasteiger partial charge in [-0.3, -0.25) is 4.79 Å². The van der Waals surface area contributed by atoms with Crippen LogP contribution in [0.15, 0.2) is 67.1 Å². The SMILES string of the molecule is Cc1cccc(CNC(=O)c2cnc(NCCc3c[nH]c4ccccc34)nc2)c1. The molecule has 1 amide bonds. The van der Waals surface area contributed by atoms with E-state index in [1.165, 1.54) is 16.5 Å². The number of aryl methyl sites for hydroxylation is 1. The highest BCUT2D eigenvalue weighted by atomic mass is 16.1. The Balaban J connectivity index is 1.29.